The zero-order chi connectivity index (χ0) is 24.1. The molecule has 0 saturated carbocycles. The normalized spacial score (nSPS) is 20.8. The standard InChI is InChI=1S/C25H29N7O2S/c1-15-13-31(11-10-30(15)2)25(33)16-4-5-17-20(12-16)35-24-21(17)23(26-14-27-24)29-18-7-9-32-19(6-8-28-32)22(18)34-3/h6-9,14-16H,4-5,10-13H2,1-3H3,(H,26,27,29)/t15-,16-/m0/s1. The second-order valence-electron chi connectivity index (χ2n) is 9.51. The number of piperazine rings is 1. The minimum absolute atomic E-state index is 0.0416. The van der Waals surface area contributed by atoms with Gasteiger partial charge in [-0.1, -0.05) is 0 Å². The number of anilines is 2. The number of carbonyl (C=O) groups excluding carboxylic acids is 1. The summed E-state index contributed by atoms with van der Waals surface area (Å²) in [6.45, 7) is 4.76. The molecule has 1 saturated heterocycles. The zero-order valence-corrected chi connectivity index (χ0v) is 21.0. The van der Waals surface area contributed by atoms with Crippen LogP contribution in [0.4, 0.5) is 11.5 Å². The number of nitrogens with zero attached hydrogens (tertiary/aromatic N) is 6. The molecule has 1 fully saturated rings. The molecule has 10 heteroatoms. The summed E-state index contributed by atoms with van der Waals surface area (Å²) in [4.78, 5) is 29.1. The van der Waals surface area contributed by atoms with E-state index >= 15 is 0 Å². The molecular weight excluding hydrogens is 462 g/mol. The van der Waals surface area contributed by atoms with Crippen molar-refractivity contribution in [2.75, 3.05) is 39.1 Å². The lowest BCUT2D eigenvalue weighted by Gasteiger charge is -2.39. The van der Waals surface area contributed by atoms with Crippen molar-refractivity contribution < 1.29 is 9.53 Å². The van der Waals surface area contributed by atoms with Crippen molar-refractivity contribution in [3.05, 3.63) is 41.3 Å². The Hall–Kier alpha value is -3.24. The Morgan fingerprint density at radius 1 is 1.26 bits per heavy atom. The van der Waals surface area contributed by atoms with Crippen LogP contribution in [0.25, 0.3) is 15.7 Å². The van der Waals surface area contributed by atoms with Crippen LogP contribution in [-0.4, -0.2) is 75.1 Å². The van der Waals surface area contributed by atoms with Gasteiger partial charge in [-0.15, -0.1) is 11.3 Å². The molecule has 6 rings (SSSR count). The molecule has 0 spiro atoms. The summed E-state index contributed by atoms with van der Waals surface area (Å²) >= 11 is 1.69. The van der Waals surface area contributed by atoms with Gasteiger partial charge < -0.3 is 19.9 Å². The summed E-state index contributed by atoms with van der Waals surface area (Å²) in [7, 11) is 3.79. The lowest BCUT2D eigenvalue weighted by Crippen LogP contribution is -2.53. The van der Waals surface area contributed by atoms with E-state index in [0.29, 0.717) is 17.7 Å². The molecule has 1 aliphatic heterocycles. The number of aromatic nitrogens is 4. The first-order valence-corrected chi connectivity index (χ1v) is 12.9. The number of aryl methyl sites for hydroxylation is 1. The van der Waals surface area contributed by atoms with Gasteiger partial charge in [-0.25, -0.2) is 14.5 Å². The summed E-state index contributed by atoms with van der Waals surface area (Å²) in [6, 6.07) is 4.26. The largest absolute Gasteiger partial charge is 0.492 e. The van der Waals surface area contributed by atoms with Crippen molar-refractivity contribution in [1.29, 1.82) is 0 Å². The number of thiophene rings is 1. The first-order chi connectivity index (χ1) is 17.0. The molecule has 1 aliphatic carbocycles. The molecule has 0 aromatic carbocycles. The number of hydrogen-bond acceptors (Lipinski definition) is 8. The van der Waals surface area contributed by atoms with E-state index < -0.39 is 0 Å². The fraction of sp³-hybridized carbons (Fsp3) is 0.440. The Morgan fingerprint density at radius 2 is 2.14 bits per heavy atom. The molecule has 0 radical (unpaired) electrons. The minimum Gasteiger partial charge on any atom is -0.492 e. The van der Waals surface area contributed by atoms with Crippen LogP contribution in [0.3, 0.4) is 0 Å². The van der Waals surface area contributed by atoms with Gasteiger partial charge in [0.25, 0.3) is 0 Å². The number of rotatable bonds is 4. The monoisotopic (exact) mass is 491 g/mol. The third-order valence-electron chi connectivity index (χ3n) is 7.45. The smallest absolute Gasteiger partial charge is 0.226 e. The van der Waals surface area contributed by atoms with Crippen molar-refractivity contribution in [3.8, 4) is 5.75 Å². The van der Waals surface area contributed by atoms with Crippen LogP contribution >= 0.6 is 11.3 Å². The van der Waals surface area contributed by atoms with Crippen LogP contribution in [0.5, 0.6) is 5.75 Å². The van der Waals surface area contributed by atoms with Crippen LogP contribution in [0.2, 0.25) is 0 Å². The highest BCUT2D eigenvalue weighted by atomic mass is 32.1. The van der Waals surface area contributed by atoms with Crippen LogP contribution < -0.4 is 10.1 Å². The average Bonchev–Trinajstić information content (AvgIpc) is 3.49. The number of hydrogen-bond donors (Lipinski definition) is 1. The SMILES string of the molecule is COc1c(Nc2ncnc3sc4c(c23)CC[C@H](C(=O)N2CCN(C)[C@@H](C)C2)C4)ccn2nccc12. The van der Waals surface area contributed by atoms with Crippen molar-refractivity contribution in [2.45, 2.75) is 32.2 Å². The highest BCUT2D eigenvalue weighted by molar-refractivity contribution is 7.19. The van der Waals surface area contributed by atoms with Gasteiger partial charge in [-0.3, -0.25) is 4.79 Å². The fourth-order valence-corrected chi connectivity index (χ4v) is 6.60. The number of carbonyl (C=O) groups is 1. The Kier molecular flexibility index (Phi) is 5.57. The predicted octanol–water partition coefficient (Wildman–Crippen LogP) is 3.36. The number of nitrogens with one attached hydrogen (secondary N) is 1. The molecule has 2 aliphatic rings. The van der Waals surface area contributed by atoms with Crippen LogP contribution in [0.15, 0.2) is 30.9 Å². The quantitative estimate of drug-likeness (QED) is 0.468. The summed E-state index contributed by atoms with van der Waals surface area (Å²) in [5.74, 6) is 1.83. The summed E-state index contributed by atoms with van der Waals surface area (Å²) < 4.78 is 7.48. The Labute approximate surface area is 207 Å². The maximum Gasteiger partial charge on any atom is 0.226 e. The van der Waals surface area contributed by atoms with Gasteiger partial charge >= 0.3 is 0 Å². The van der Waals surface area contributed by atoms with Gasteiger partial charge in [0.05, 0.1) is 24.4 Å². The molecule has 1 amide bonds. The van der Waals surface area contributed by atoms with E-state index in [2.05, 4.69) is 44.2 Å². The molecule has 4 aromatic rings. The topological polar surface area (TPSA) is 87.9 Å². The maximum absolute atomic E-state index is 13.3. The van der Waals surface area contributed by atoms with E-state index in [1.807, 2.05) is 18.3 Å². The predicted molar refractivity (Wildman–Crippen MR) is 137 cm³/mol. The van der Waals surface area contributed by atoms with Crippen LogP contribution in [0.1, 0.15) is 23.8 Å². The van der Waals surface area contributed by atoms with Crippen LogP contribution in [-0.2, 0) is 17.6 Å². The van der Waals surface area contributed by atoms with E-state index in [9.17, 15) is 4.79 Å². The highest BCUT2D eigenvalue weighted by Gasteiger charge is 2.33. The number of fused-ring (bicyclic) bond motifs is 4. The first kappa shape index (κ1) is 22.2. The highest BCUT2D eigenvalue weighted by Crippen LogP contribution is 2.42. The van der Waals surface area contributed by atoms with Crippen molar-refractivity contribution in [2.24, 2.45) is 5.92 Å². The second-order valence-corrected chi connectivity index (χ2v) is 10.6. The lowest BCUT2D eigenvalue weighted by molar-refractivity contribution is -0.138. The van der Waals surface area contributed by atoms with Crippen LogP contribution in [0, 0.1) is 5.92 Å². The Balaban J connectivity index is 1.29. The van der Waals surface area contributed by atoms with Crippen molar-refractivity contribution in [3.63, 3.8) is 0 Å². The summed E-state index contributed by atoms with van der Waals surface area (Å²) in [6.07, 6.45) is 7.75. The van der Waals surface area contributed by atoms with E-state index in [0.717, 1.165) is 66.1 Å². The van der Waals surface area contributed by atoms with E-state index in [4.69, 9.17) is 4.74 Å². The van der Waals surface area contributed by atoms with Crippen molar-refractivity contribution >= 4 is 44.5 Å². The molecule has 4 aromatic heterocycles. The average molecular weight is 492 g/mol. The number of methoxy groups -OCH3 is 1. The van der Waals surface area contributed by atoms with E-state index in [1.54, 1.807) is 35.5 Å². The molecule has 0 bridgehead atoms. The molecule has 0 unspecified atom stereocenters. The van der Waals surface area contributed by atoms with Gasteiger partial charge in [-0.2, -0.15) is 5.10 Å². The summed E-state index contributed by atoms with van der Waals surface area (Å²) in [5, 5.41) is 8.84. The second kappa shape index (κ2) is 8.76. The van der Waals surface area contributed by atoms with Gasteiger partial charge in [0.1, 0.15) is 22.5 Å². The Morgan fingerprint density at radius 3 is 2.97 bits per heavy atom. The summed E-state index contributed by atoms with van der Waals surface area (Å²) in [5.41, 5.74) is 2.98. The minimum atomic E-state index is 0.0416. The molecule has 2 atom stereocenters. The fourth-order valence-electron chi connectivity index (χ4n) is 5.33. The molecule has 9 nitrogen and oxygen atoms in total. The number of ether oxygens (including phenoxy) is 1. The lowest BCUT2D eigenvalue weighted by atomic mass is 9.86. The van der Waals surface area contributed by atoms with Gasteiger partial charge in [0, 0.05) is 42.7 Å². The van der Waals surface area contributed by atoms with Gasteiger partial charge in [-0.05, 0) is 50.9 Å². The van der Waals surface area contributed by atoms with Gasteiger partial charge in [0.2, 0.25) is 5.91 Å². The van der Waals surface area contributed by atoms with Gasteiger partial charge in [0.15, 0.2) is 5.75 Å². The third kappa shape index (κ3) is 3.81. The number of amides is 1. The van der Waals surface area contributed by atoms with E-state index in [1.165, 1.54) is 10.4 Å². The zero-order valence-electron chi connectivity index (χ0n) is 20.2. The third-order valence-corrected chi connectivity index (χ3v) is 8.62. The Bertz CT molecular complexity index is 1410. The molecule has 35 heavy (non-hydrogen) atoms. The number of pyridine rings is 1. The molecule has 182 valence electrons. The first-order valence-electron chi connectivity index (χ1n) is 12.0. The number of likely N-dealkylation sites (N-methyl/N-ethyl adjacent to an activating group) is 1. The van der Waals surface area contributed by atoms with E-state index in [-0.39, 0.29) is 5.92 Å². The van der Waals surface area contributed by atoms with Crippen molar-refractivity contribution in [1.82, 2.24) is 29.4 Å². The molecular formula is C25H29N7O2S. The molecule has 1 N–H and O–H groups in total. The maximum atomic E-state index is 13.3. The molecule has 5 heterocycles.